The average Bonchev–Trinajstić information content (AvgIpc) is 3.07. The lowest BCUT2D eigenvalue weighted by molar-refractivity contribution is -0.131. The van der Waals surface area contributed by atoms with Gasteiger partial charge in [-0.2, -0.15) is 0 Å². The molecular weight excluding hydrogens is 377 g/mol. The van der Waals surface area contributed by atoms with E-state index in [1.54, 1.807) is 18.2 Å². The fraction of sp³-hybridized carbons (Fsp3) is 0.250. The summed E-state index contributed by atoms with van der Waals surface area (Å²) < 4.78 is 15.2. The number of aromatic nitrogens is 3. The maximum absolute atomic E-state index is 14.0. The second-order valence-corrected chi connectivity index (χ2v) is 8.00. The van der Waals surface area contributed by atoms with Crippen molar-refractivity contribution in [2.24, 2.45) is 0 Å². The molecule has 2 heterocycles. The summed E-state index contributed by atoms with van der Waals surface area (Å²) >= 11 is 1.23. The minimum atomic E-state index is -0.422. The van der Waals surface area contributed by atoms with Gasteiger partial charge in [-0.05, 0) is 36.6 Å². The molecule has 0 bridgehead atoms. The maximum atomic E-state index is 14.0. The van der Waals surface area contributed by atoms with Gasteiger partial charge in [-0.1, -0.05) is 48.2 Å². The van der Waals surface area contributed by atoms with Crippen LogP contribution in [0.25, 0.3) is 11.4 Å². The first-order valence-corrected chi connectivity index (χ1v) is 9.90. The Hall–Kier alpha value is -2.87. The first kappa shape index (κ1) is 18.5. The number of rotatable bonds is 4. The van der Waals surface area contributed by atoms with Gasteiger partial charge in [0, 0.05) is 13.1 Å². The van der Waals surface area contributed by atoms with Crippen molar-refractivity contribution < 1.29 is 9.18 Å². The molecule has 2 N–H and O–H groups in total. The van der Waals surface area contributed by atoms with Crippen molar-refractivity contribution in [3.8, 4) is 11.4 Å². The lowest BCUT2D eigenvalue weighted by Crippen LogP contribution is -2.40. The van der Waals surface area contributed by atoms with Gasteiger partial charge in [0.1, 0.15) is 5.82 Å². The monoisotopic (exact) mass is 397 g/mol. The summed E-state index contributed by atoms with van der Waals surface area (Å²) in [6.07, 6.45) is 0.851. The molecule has 1 unspecified atom stereocenters. The molecule has 1 amide bonds. The van der Waals surface area contributed by atoms with E-state index in [-0.39, 0.29) is 22.5 Å². The molecule has 6 nitrogen and oxygen atoms in total. The third kappa shape index (κ3) is 3.47. The van der Waals surface area contributed by atoms with E-state index >= 15 is 0 Å². The van der Waals surface area contributed by atoms with Crippen LogP contribution in [0.4, 0.5) is 4.39 Å². The molecule has 3 aromatic rings. The number of nitrogen functional groups attached to an aromatic ring is 1. The predicted molar refractivity (Wildman–Crippen MR) is 106 cm³/mol. The molecule has 0 saturated carbocycles. The van der Waals surface area contributed by atoms with Crippen LogP contribution in [0.3, 0.4) is 0 Å². The van der Waals surface area contributed by atoms with E-state index in [1.165, 1.54) is 33.6 Å². The number of thioether (sulfide) groups is 1. The minimum absolute atomic E-state index is 0.0231. The maximum Gasteiger partial charge on any atom is 0.236 e. The van der Waals surface area contributed by atoms with Crippen LogP contribution >= 0.6 is 11.8 Å². The molecular formula is C20H20FN5OS. The van der Waals surface area contributed by atoms with Crippen LogP contribution in [0.2, 0.25) is 0 Å². The van der Waals surface area contributed by atoms with Crippen molar-refractivity contribution >= 4 is 17.7 Å². The summed E-state index contributed by atoms with van der Waals surface area (Å²) in [6.45, 7) is 3.12. The van der Waals surface area contributed by atoms with Crippen LogP contribution in [0.1, 0.15) is 18.1 Å². The Morgan fingerprint density at radius 1 is 1.14 bits per heavy atom. The Kier molecular flexibility index (Phi) is 5.04. The van der Waals surface area contributed by atoms with Gasteiger partial charge in [0.25, 0.3) is 0 Å². The van der Waals surface area contributed by atoms with E-state index in [0.29, 0.717) is 18.2 Å². The highest BCUT2D eigenvalue weighted by Gasteiger charge is 2.27. The van der Waals surface area contributed by atoms with E-state index < -0.39 is 5.82 Å². The topological polar surface area (TPSA) is 77.0 Å². The van der Waals surface area contributed by atoms with E-state index in [9.17, 15) is 9.18 Å². The zero-order chi connectivity index (χ0) is 19.7. The van der Waals surface area contributed by atoms with Crippen molar-refractivity contribution in [2.45, 2.75) is 30.3 Å². The number of hydrogen-bond donors (Lipinski definition) is 1. The lowest BCUT2D eigenvalue weighted by Gasteiger charge is -2.30. The van der Waals surface area contributed by atoms with Crippen LogP contribution < -0.4 is 5.84 Å². The van der Waals surface area contributed by atoms with Gasteiger partial charge in [0.2, 0.25) is 11.1 Å². The Morgan fingerprint density at radius 2 is 1.86 bits per heavy atom. The van der Waals surface area contributed by atoms with E-state index in [0.717, 1.165) is 6.42 Å². The van der Waals surface area contributed by atoms with Crippen LogP contribution in [-0.4, -0.2) is 37.5 Å². The molecule has 1 atom stereocenters. The summed E-state index contributed by atoms with van der Waals surface area (Å²) in [5.41, 5.74) is 2.75. The zero-order valence-electron chi connectivity index (χ0n) is 15.4. The molecule has 0 radical (unpaired) electrons. The number of nitrogens with two attached hydrogens (primary N) is 1. The summed E-state index contributed by atoms with van der Waals surface area (Å²) in [7, 11) is 0. The molecule has 0 aliphatic carbocycles. The molecule has 0 saturated heterocycles. The molecule has 144 valence electrons. The average molecular weight is 397 g/mol. The summed E-state index contributed by atoms with van der Waals surface area (Å²) in [5.74, 6) is 5.90. The predicted octanol–water partition coefficient (Wildman–Crippen LogP) is 2.86. The van der Waals surface area contributed by atoms with Gasteiger partial charge in [-0.25, -0.2) is 9.07 Å². The summed E-state index contributed by atoms with van der Waals surface area (Å²) in [5, 5.41) is 8.04. The van der Waals surface area contributed by atoms with E-state index in [1.807, 2.05) is 24.0 Å². The van der Waals surface area contributed by atoms with Crippen LogP contribution in [0.5, 0.6) is 0 Å². The van der Waals surface area contributed by atoms with Gasteiger partial charge < -0.3 is 10.7 Å². The largest absolute Gasteiger partial charge is 0.337 e. The van der Waals surface area contributed by atoms with Gasteiger partial charge >= 0.3 is 0 Å². The smallest absolute Gasteiger partial charge is 0.236 e. The molecule has 4 rings (SSSR count). The van der Waals surface area contributed by atoms with Crippen molar-refractivity contribution in [1.29, 1.82) is 0 Å². The molecule has 1 aromatic heterocycles. The highest BCUT2D eigenvalue weighted by molar-refractivity contribution is 8.00. The van der Waals surface area contributed by atoms with Crippen molar-refractivity contribution in [3.63, 3.8) is 0 Å². The molecule has 1 aliphatic rings. The van der Waals surface area contributed by atoms with Crippen LogP contribution in [0, 0.1) is 5.82 Å². The molecule has 8 heteroatoms. The van der Waals surface area contributed by atoms with Crippen molar-refractivity contribution in [1.82, 2.24) is 19.8 Å². The summed E-state index contributed by atoms with van der Waals surface area (Å²) in [4.78, 5) is 14.8. The van der Waals surface area contributed by atoms with E-state index in [4.69, 9.17) is 5.84 Å². The molecule has 2 aromatic carbocycles. The first-order chi connectivity index (χ1) is 13.5. The van der Waals surface area contributed by atoms with E-state index in [2.05, 4.69) is 22.3 Å². The fourth-order valence-corrected chi connectivity index (χ4v) is 4.19. The molecule has 0 fully saturated rings. The number of benzene rings is 2. The standard InChI is InChI=1S/C20H20FN5OS/c1-13(19(27)25-11-10-14-6-2-3-7-15(14)12-25)28-20-24-23-18(26(20)22)16-8-4-5-9-17(16)21/h2-9,13H,10-12,22H2,1H3. The Balaban J connectivity index is 1.48. The van der Waals surface area contributed by atoms with Crippen molar-refractivity contribution in [2.75, 3.05) is 12.4 Å². The number of halogens is 1. The first-order valence-electron chi connectivity index (χ1n) is 9.02. The third-order valence-electron chi connectivity index (χ3n) is 4.85. The second-order valence-electron chi connectivity index (χ2n) is 6.69. The number of fused-ring (bicyclic) bond motifs is 1. The number of carbonyl (C=O) groups is 1. The van der Waals surface area contributed by atoms with Crippen molar-refractivity contribution in [3.05, 3.63) is 65.5 Å². The Labute approximate surface area is 166 Å². The van der Waals surface area contributed by atoms with Gasteiger partial charge in [-0.3, -0.25) is 4.79 Å². The second kappa shape index (κ2) is 7.63. The normalized spacial score (nSPS) is 14.6. The minimum Gasteiger partial charge on any atom is -0.337 e. The van der Waals surface area contributed by atoms with Gasteiger partial charge in [0.15, 0.2) is 5.82 Å². The quantitative estimate of drug-likeness (QED) is 0.541. The Bertz CT molecular complexity index is 1020. The Morgan fingerprint density at radius 3 is 2.64 bits per heavy atom. The molecule has 1 aliphatic heterocycles. The number of nitrogens with zero attached hydrogens (tertiary/aromatic N) is 4. The van der Waals surface area contributed by atoms with Crippen LogP contribution in [-0.2, 0) is 17.8 Å². The SMILES string of the molecule is CC(Sc1nnc(-c2ccccc2F)n1N)C(=O)N1CCc2ccccc2C1. The zero-order valence-corrected chi connectivity index (χ0v) is 16.2. The van der Waals surface area contributed by atoms with Gasteiger partial charge in [0.05, 0.1) is 10.8 Å². The molecule has 28 heavy (non-hydrogen) atoms. The van der Waals surface area contributed by atoms with Crippen LogP contribution in [0.15, 0.2) is 53.7 Å². The lowest BCUT2D eigenvalue weighted by atomic mass is 10.00. The highest BCUT2D eigenvalue weighted by atomic mass is 32.2. The molecule has 0 spiro atoms. The number of amides is 1. The number of carbonyl (C=O) groups excluding carboxylic acids is 1. The third-order valence-corrected chi connectivity index (χ3v) is 5.90. The fourth-order valence-electron chi connectivity index (χ4n) is 3.33. The highest BCUT2D eigenvalue weighted by Crippen LogP contribution is 2.28. The summed E-state index contributed by atoms with van der Waals surface area (Å²) in [6, 6.07) is 14.4. The number of hydrogen-bond acceptors (Lipinski definition) is 5. The van der Waals surface area contributed by atoms with Gasteiger partial charge in [-0.15, -0.1) is 10.2 Å².